The van der Waals surface area contributed by atoms with Gasteiger partial charge in [0.25, 0.3) is 5.91 Å². The number of para-hydroxylation sites is 1. The lowest BCUT2D eigenvalue weighted by Gasteiger charge is -2.10. The van der Waals surface area contributed by atoms with E-state index >= 15 is 0 Å². The number of fused-ring (bicyclic) bond motifs is 1. The van der Waals surface area contributed by atoms with Gasteiger partial charge in [0.1, 0.15) is 5.58 Å². The first-order valence-corrected chi connectivity index (χ1v) is 9.27. The summed E-state index contributed by atoms with van der Waals surface area (Å²) in [5.74, 6) is -0.0172. The van der Waals surface area contributed by atoms with Gasteiger partial charge in [0, 0.05) is 23.2 Å². The van der Waals surface area contributed by atoms with Crippen molar-refractivity contribution in [3.63, 3.8) is 0 Å². The topological polar surface area (TPSA) is 71.3 Å². The second kappa shape index (κ2) is 8.54. The Morgan fingerprint density at radius 3 is 2.56 bits per heavy atom. The molecule has 0 bridgehead atoms. The minimum atomic E-state index is -0.300. The van der Waals surface area contributed by atoms with Crippen molar-refractivity contribution < 1.29 is 14.0 Å². The molecular formula is C22H24N2O3. The number of amides is 2. The van der Waals surface area contributed by atoms with Crippen molar-refractivity contribution in [2.24, 2.45) is 0 Å². The summed E-state index contributed by atoms with van der Waals surface area (Å²) in [6, 6.07) is 14.7. The first-order valence-electron chi connectivity index (χ1n) is 9.27. The molecule has 5 nitrogen and oxygen atoms in total. The quantitative estimate of drug-likeness (QED) is 0.543. The molecule has 2 aromatic carbocycles. The summed E-state index contributed by atoms with van der Waals surface area (Å²) in [4.78, 5) is 24.4. The maximum atomic E-state index is 12.5. The summed E-state index contributed by atoms with van der Waals surface area (Å²) in [5, 5.41) is 6.66. The Bertz CT molecular complexity index is 926. The normalized spacial score (nSPS) is 10.7. The van der Waals surface area contributed by atoms with E-state index in [1.165, 1.54) is 0 Å². The Morgan fingerprint density at radius 2 is 1.81 bits per heavy atom. The molecule has 0 radical (unpaired) electrons. The van der Waals surface area contributed by atoms with Gasteiger partial charge in [-0.1, -0.05) is 38.0 Å². The van der Waals surface area contributed by atoms with Crippen molar-refractivity contribution in [2.75, 3.05) is 10.6 Å². The van der Waals surface area contributed by atoms with Crippen LogP contribution in [0.5, 0.6) is 0 Å². The zero-order valence-electron chi connectivity index (χ0n) is 15.7. The lowest BCUT2D eigenvalue weighted by molar-refractivity contribution is -0.116. The Labute approximate surface area is 158 Å². The van der Waals surface area contributed by atoms with Crippen molar-refractivity contribution in [2.45, 2.75) is 39.5 Å². The number of furan rings is 1. The molecule has 0 aliphatic carbocycles. The fraction of sp³-hybridized carbons (Fsp3) is 0.273. The van der Waals surface area contributed by atoms with Crippen LogP contribution in [0.1, 0.15) is 48.7 Å². The smallest absolute Gasteiger partial charge is 0.291 e. The number of anilines is 2. The van der Waals surface area contributed by atoms with Gasteiger partial charge in [-0.3, -0.25) is 9.59 Å². The SMILES string of the molecule is CCCCCC(=O)Nc1ccc(NC(=O)c2cc3ccccc3o2)c(C)c1. The molecule has 0 fully saturated rings. The first-order chi connectivity index (χ1) is 13.1. The molecule has 1 heterocycles. The van der Waals surface area contributed by atoms with E-state index in [1.807, 2.05) is 37.3 Å². The molecule has 2 N–H and O–H groups in total. The average molecular weight is 364 g/mol. The Kier molecular flexibility index (Phi) is 5.91. The summed E-state index contributed by atoms with van der Waals surface area (Å²) in [7, 11) is 0. The van der Waals surface area contributed by atoms with Gasteiger partial charge >= 0.3 is 0 Å². The Balaban J connectivity index is 1.65. The van der Waals surface area contributed by atoms with E-state index in [0.717, 1.165) is 35.9 Å². The minimum Gasteiger partial charge on any atom is -0.451 e. The molecule has 2 amide bonds. The number of benzene rings is 2. The third-order valence-corrected chi connectivity index (χ3v) is 4.42. The van der Waals surface area contributed by atoms with Crippen molar-refractivity contribution in [3.8, 4) is 0 Å². The zero-order chi connectivity index (χ0) is 19.2. The van der Waals surface area contributed by atoms with Gasteiger partial charge in [-0.05, 0) is 49.2 Å². The molecule has 0 atom stereocenters. The van der Waals surface area contributed by atoms with E-state index in [4.69, 9.17) is 4.42 Å². The summed E-state index contributed by atoms with van der Waals surface area (Å²) in [6.45, 7) is 4.00. The van der Waals surface area contributed by atoms with E-state index in [1.54, 1.807) is 18.2 Å². The molecule has 0 spiro atoms. The van der Waals surface area contributed by atoms with Gasteiger partial charge < -0.3 is 15.1 Å². The van der Waals surface area contributed by atoms with Gasteiger partial charge in [-0.2, -0.15) is 0 Å². The van der Waals surface area contributed by atoms with Gasteiger partial charge in [-0.25, -0.2) is 0 Å². The standard InChI is InChI=1S/C22H24N2O3/c1-3-4-5-10-21(25)23-17-11-12-18(15(2)13-17)24-22(26)20-14-16-8-6-7-9-19(16)27-20/h6-9,11-14H,3-5,10H2,1-2H3,(H,23,25)(H,24,26). The molecule has 140 valence electrons. The van der Waals surface area contributed by atoms with Gasteiger partial charge in [0.2, 0.25) is 5.91 Å². The molecule has 0 aliphatic rings. The first kappa shape index (κ1) is 18.7. The van der Waals surface area contributed by atoms with E-state index in [2.05, 4.69) is 17.6 Å². The number of hydrogen-bond acceptors (Lipinski definition) is 3. The molecule has 27 heavy (non-hydrogen) atoms. The third kappa shape index (κ3) is 4.76. The van der Waals surface area contributed by atoms with E-state index in [0.29, 0.717) is 17.7 Å². The van der Waals surface area contributed by atoms with Crippen LogP contribution in [-0.2, 0) is 4.79 Å². The molecule has 3 rings (SSSR count). The monoisotopic (exact) mass is 364 g/mol. The minimum absolute atomic E-state index is 0.0157. The molecule has 3 aromatic rings. The van der Waals surface area contributed by atoms with Gasteiger partial charge in [0.15, 0.2) is 5.76 Å². The lowest BCUT2D eigenvalue weighted by atomic mass is 10.1. The van der Waals surface area contributed by atoms with Crippen LogP contribution in [-0.4, -0.2) is 11.8 Å². The molecular weight excluding hydrogens is 340 g/mol. The number of carbonyl (C=O) groups is 2. The molecule has 0 saturated carbocycles. The summed E-state index contributed by atoms with van der Waals surface area (Å²) < 4.78 is 5.60. The van der Waals surface area contributed by atoms with Crippen LogP contribution in [0.25, 0.3) is 11.0 Å². The van der Waals surface area contributed by atoms with Crippen LogP contribution in [0.4, 0.5) is 11.4 Å². The molecule has 0 aliphatic heterocycles. The van der Waals surface area contributed by atoms with Crippen LogP contribution in [0, 0.1) is 6.92 Å². The third-order valence-electron chi connectivity index (χ3n) is 4.42. The Hall–Kier alpha value is -3.08. The van der Waals surface area contributed by atoms with E-state index in [9.17, 15) is 9.59 Å². The highest BCUT2D eigenvalue weighted by atomic mass is 16.3. The highest BCUT2D eigenvalue weighted by molar-refractivity contribution is 6.05. The number of rotatable bonds is 7. The second-order valence-corrected chi connectivity index (χ2v) is 6.64. The van der Waals surface area contributed by atoms with Crippen LogP contribution in [0.15, 0.2) is 52.9 Å². The fourth-order valence-electron chi connectivity index (χ4n) is 2.92. The summed E-state index contributed by atoms with van der Waals surface area (Å²) in [5.41, 5.74) is 2.96. The molecule has 1 aromatic heterocycles. The van der Waals surface area contributed by atoms with Crippen LogP contribution < -0.4 is 10.6 Å². The average Bonchev–Trinajstić information content (AvgIpc) is 3.08. The highest BCUT2D eigenvalue weighted by Gasteiger charge is 2.13. The number of carbonyl (C=O) groups excluding carboxylic acids is 2. The highest BCUT2D eigenvalue weighted by Crippen LogP contribution is 2.23. The van der Waals surface area contributed by atoms with Crippen molar-refractivity contribution in [1.29, 1.82) is 0 Å². The van der Waals surface area contributed by atoms with E-state index < -0.39 is 0 Å². The van der Waals surface area contributed by atoms with Crippen LogP contribution in [0.2, 0.25) is 0 Å². The lowest BCUT2D eigenvalue weighted by Crippen LogP contribution is -2.13. The van der Waals surface area contributed by atoms with Gasteiger partial charge in [-0.15, -0.1) is 0 Å². The summed E-state index contributed by atoms with van der Waals surface area (Å²) >= 11 is 0. The van der Waals surface area contributed by atoms with Crippen LogP contribution >= 0.6 is 0 Å². The Morgan fingerprint density at radius 1 is 1.00 bits per heavy atom. The fourth-order valence-corrected chi connectivity index (χ4v) is 2.92. The largest absolute Gasteiger partial charge is 0.451 e. The maximum Gasteiger partial charge on any atom is 0.291 e. The molecule has 5 heteroatoms. The van der Waals surface area contributed by atoms with Crippen molar-refractivity contribution >= 4 is 34.2 Å². The predicted molar refractivity (Wildman–Crippen MR) is 108 cm³/mol. The van der Waals surface area contributed by atoms with Crippen LogP contribution in [0.3, 0.4) is 0 Å². The van der Waals surface area contributed by atoms with Gasteiger partial charge in [0.05, 0.1) is 0 Å². The predicted octanol–water partition coefficient (Wildman–Crippen LogP) is 5.51. The second-order valence-electron chi connectivity index (χ2n) is 6.64. The number of hydrogen-bond donors (Lipinski definition) is 2. The number of nitrogens with one attached hydrogen (secondary N) is 2. The molecule has 0 unspecified atom stereocenters. The summed E-state index contributed by atoms with van der Waals surface area (Å²) in [6.07, 6.45) is 3.57. The molecule has 0 saturated heterocycles. The van der Waals surface area contributed by atoms with Crippen molar-refractivity contribution in [1.82, 2.24) is 0 Å². The maximum absolute atomic E-state index is 12.5. The number of aryl methyl sites for hydroxylation is 1. The number of unbranched alkanes of at least 4 members (excludes halogenated alkanes) is 2. The zero-order valence-corrected chi connectivity index (χ0v) is 15.7. The van der Waals surface area contributed by atoms with E-state index in [-0.39, 0.29) is 17.6 Å². The van der Waals surface area contributed by atoms with Crippen molar-refractivity contribution in [3.05, 3.63) is 59.9 Å².